The summed E-state index contributed by atoms with van der Waals surface area (Å²) in [4.78, 5) is 17.0. The van der Waals surface area contributed by atoms with Crippen LogP contribution in [0.15, 0.2) is 57.8 Å². The summed E-state index contributed by atoms with van der Waals surface area (Å²) in [6.07, 6.45) is 1.91. The van der Waals surface area contributed by atoms with Crippen LogP contribution in [0.2, 0.25) is 0 Å². The topological polar surface area (TPSA) is 92.5 Å². The molecule has 0 bridgehead atoms. The number of oxazole rings is 1. The van der Waals surface area contributed by atoms with Crippen LogP contribution in [0.5, 0.6) is 0 Å². The molecule has 4 rings (SSSR count). The van der Waals surface area contributed by atoms with Gasteiger partial charge >= 0.3 is 0 Å². The number of piperidine rings is 1. The maximum absolute atomic E-state index is 12.8. The lowest BCUT2D eigenvalue weighted by molar-refractivity contribution is -0.122. The van der Waals surface area contributed by atoms with Crippen LogP contribution < -0.4 is 5.32 Å². The standard InChI is InChI=1S/C22H25N3O4S/c1-16-6-8-18(9-7-16)30(27,28)25-14-12-17(13-15-25)23-21(26)10-11-22-24-19-4-2-3-5-20(19)29-22/h2-9,17H,10-15H2,1H3,(H,23,26). The predicted molar refractivity (Wildman–Crippen MR) is 113 cm³/mol. The number of aryl methyl sites for hydroxylation is 2. The molecule has 0 unspecified atom stereocenters. The zero-order valence-electron chi connectivity index (χ0n) is 16.9. The van der Waals surface area contributed by atoms with Crippen molar-refractivity contribution < 1.29 is 17.6 Å². The fourth-order valence-corrected chi connectivity index (χ4v) is 5.12. The summed E-state index contributed by atoms with van der Waals surface area (Å²) < 4.78 is 32.7. The van der Waals surface area contributed by atoms with Gasteiger partial charge in [-0.3, -0.25) is 4.79 Å². The van der Waals surface area contributed by atoms with Crippen LogP contribution in [-0.2, 0) is 21.2 Å². The lowest BCUT2D eigenvalue weighted by atomic mass is 10.1. The molecule has 158 valence electrons. The number of rotatable bonds is 6. The number of amides is 1. The first-order valence-electron chi connectivity index (χ1n) is 10.1. The summed E-state index contributed by atoms with van der Waals surface area (Å²) in [7, 11) is -3.49. The third-order valence-corrected chi connectivity index (χ3v) is 7.29. The minimum absolute atomic E-state index is 0.0226. The Balaban J connectivity index is 1.27. The third kappa shape index (κ3) is 4.55. The second kappa shape index (κ2) is 8.57. The first kappa shape index (κ1) is 20.6. The Morgan fingerprint density at radius 1 is 1.13 bits per heavy atom. The summed E-state index contributed by atoms with van der Waals surface area (Å²) in [6.45, 7) is 2.72. The first-order chi connectivity index (χ1) is 14.4. The van der Waals surface area contributed by atoms with E-state index in [1.54, 1.807) is 24.3 Å². The molecule has 30 heavy (non-hydrogen) atoms. The molecule has 2 aromatic carbocycles. The predicted octanol–water partition coefficient (Wildman–Crippen LogP) is 3.04. The molecule has 0 spiro atoms. The Hall–Kier alpha value is -2.71. The molecule has 0 aliphatic carbocycles. The number of fused-ring (bicyclic) bond motifs is 1. The van der Waals surface area contributed by atoms with E-state index in [-0.39, 0.29) is 18.4 Å². The molecular weight excluding hydrogens is 402 g/mol. The van der Waals surface area contributed by atoms with Gasteiger partial charge in [0.05, 0.1) is 4.90 Å². The number of aromatic nitrogens is 1. The molecule has 0 atom stereocenters. The smallest absolute Gasteiger partial charge is 0.243 e. The van der Waals surface area contributed by atoms with Crippen LogP contribution in [0.25, 0.3) is 11.1 Å². The summed E-state index contributed by atoms with van der Waals surface area (Å²) in [5, 5.41) is 3.01. The molecule has 8 heteroatoms. The summed E-state index contributed by atoms with van der Waals surface area (Å²) >= 11 is 0. The van der Waals surface area contributed by atoms with E-state index in [9.17, 15) is 13.2 Å². The SMILES string of the molecule is Cc1ccc(S(=O)(=O)N2CCC(NC(=O)CCc3nc4ccccc4o3)CC2)cc1. The molecule has 1 amide bonds. The van der Waals surface area contributed by atoms with Crippen LogP contribution in [-0.4, -0.2) is 42.7 Å². The second-order valence-corrected chi connectivity index (χ2v) is 9.57. The molecule has 1 aliphatic rings. The van der Waals surface area contributed by atoms with Crippen molar-refractivity contribution in [2.75, 3.05) is 13.1 Å². The van der Waals surface area contributed by atoms with Crippen molar-refractivity contribution in [1.29, 1.82) is 0 Å². The Morgan fingerprint density at radius 2 is 1.83 bits per heavy atom. The summed E-state index contributed by atoms with van der Waals surface area (Å²) in [6, 6.07) is 14.4. The highest BCUT2D eigenvalue weighted by atomic mass is 32.2. The van der Waals surface area contributed by atoms with Crippen LogP contribution in [0.1, 0.15) is 30.7 Å². The molecule has 0 radical (unpaired) electrons. The van der Waals surface area contributed by atoms with E-state index in [1.807, 2.05) is 31.2 Å². The first-order valence-corrected chi connectivity index (χ1v) is 11.6. The van der Waals surface area contributed by atoms with Crippen LogP contribution >= 0.6 is 0 Å². The Morgan fingerprint density at radius 3 is 2.53 bits per heavy atom. The van der Waals surface area contributed by atoms with E-state index in [2.05, 4.69) is 10.3 Å². The van der Waals surface area contributed by atoms with Crippen LogP contribution in [0.4, 0.5) is 0 Å². The van der Waals surface area contributed by atoms with Gasteiger partial charge in [0.2, 0.25) is 15.9 Å². The molecule has 3 aromatic rings. The normalized spacial score (nSPS) is 16.0. The van der Waals surface area contributed by atoms with E-state index in [0.29, 0.717) is 43.1 Å². The Bertz CT molecular complexity index is 1100. The summed E-state index contributed by atoms with van der Waals surface area (Å²) in [5.41, 5.74) is 2.53. The molecular formula is C22H25N3O4S. The number of carbonyl (C=O) groups excluding carboxylic acids is 1. The number of hydrogen-bond acceptors (Lipinski definition) is 5. The molecule has 1 aliphatic heterocycles. The van der Waals surface area contributed by atoms with Crippen molar-refractivity contribution in [2.24, 2.45) is 0 Å². The lowest BCUT2D eigenvalue weighted by Crippen LogP contribution is -2.46. The Labute approximate surface area is 176 Å². The fraction of sp³-hybridized carbons (Fsp3) is 0.364. The van der Waals surface area contributed by atoms with Gasteiger partial charge in [0.25, 0.3) is 0 Å². The number of nitrogens with one attached hydrogen (secondary N) is 1. The average Bonchev–Trinajstić information content (AvgIpc) is 3.16. The van der Waals surface area contributed by atoms with Crippen molar-refractivity contribution in [1.82, 2.24) is 14.6 Å². The van der Waals surface area contributed by atoms with Gasteiger partial charge in [-0.15, -0.1) is 0 Å². The fourth-order valence-electron chi connectivity index (χ4n) is 3.65. The minimum Gasteiger partial charge on any atom is -0.441 e. The quantitative estimate of drug-likeness (QED) is 0.653. The van der Waals surface area contributed by atoms with Crippen molar-refractivity contribution in [3.63, 3.8) is 0 Å². The lowest BCUT2D eigenvalue weighted by Gasteiger charge is -2.31. The van der Waals surface area contributed by atoms with Gasteiger partial charge in [0, 0.05) is 32.0 Å². The third-order valence-electron chi connectivity index (χ3n) is 5.38. The molecule has 1 aromatic heterocycles. The van der Waals surface area contributed by atoms with E-state index >= 15 is 0 Å². The van der Waals surface area contributed by atoms with E-state index in [0.717, 1.165) is 16.7 Å². The van der Waals surface area contributed by atoms with Gasteiger partial charge in [-0.05, 0) is 44.0 Å². The molecule has 1 fully saturated rings. The highest BCUT2D eigenvalue weighted by Crippen LogP contribution is 2.21. The van der Waals surface area contributed by atoms with Crippen molar-refractivity contribution in [3.8, 4) is 0 Å². The van der Waals surface area contributed by atoms with Gasteiger partial charge in [-0.2, -0.15) is 4.31 Å². The average molecular weight is 428 g/mol. The largest absolute Gasteiger partial charge is 0.441 e. The van der Waals surface area contributed by atoms with Gasteiger partial charge in [0.15, 0.2) is 11.5 Å². The van der Waals surface area contributed by atoms with Gasteiger partial charge in [-0.25, -0.2) is 13.4 Å². The minimum atomic E-state index is -3.49. The number of nitrogens with zero attached hydrogens (tertiary/aromatic N) is 2. The maximum atomic E-state index is 12.8. The van der Waals surface area contributed by atoms with Crippen LogP contribution in [0, 0.1) is 6.92 Å². The Kier molecular flexibility index (Phi) is 5.87. The highest BCUT2D eigenvalue weighted by molar-refractivity contribution is 7.89. The maximum Gasteiger partial charge on any atom is 0.243 e. The second-order valence-electron chi connectivity index (χ2n) is 7.63. The number of hydrogen-bond donors (Lipinski definition) is 1. The zero-order chi connectivity index (χ0) is 21.1. The number of para-hydroxylation sites is 2. The molecule has 2 heterocycles. The highest BCUT2D eigenvalue weighted by Gasteiger charge is 2.29. The molecule has 1 N–H and O–H groups in total. The molecule has 0 saturated carbocycles. The molecule has 7 nitrogen and oxygen atoms in total. The van der Waals surface area contributed by atoms with E-state index in [1.165, 1.54) is 4.31 Å². The van der Waals surface area contributed by atoms with E-state index < -0.39 is 10.0 Å². The van der Waals surface area contributed by atoms with Gasteiger partial charge < -0.3 is 9.73 Å². The number of carbonyl (C=O) groups is 1. The van der Waals surface area contributed by atoms with Crippen molar-refractivity contribution in [2.45, 2.75) is 43.5 Å². The van der Waals surface area contributed by atoms with Crippen LogP contribution in [0.3, 0.4) is 0 Å². The monoisotopic (exact) mass is 427 g/mol. The number of benzene rings is 2. The summed E-state index contributed by atoms with van der Waals surface area (Å²) in [5.74, 6) is 0.474. The van der Waals surface area contributed by atoms with Crippen molar-refractivity contribution in [3.05, 3.63) is 60.0 Å². The van der Waals surface area contributed by atoms with Crippen molar-refractivity contribution >= 4 is 27.0 Å². The zero-order valence-corrected chi connectivity index (χ0v) is 17.7. The van der Waals surface area contributed by atoms with E-state index in [4.69, 9.17) is 4.42 Å². The number of sulfonamides is 1. The molecule has 1 saturated heterocycles. The van der Waals surface area contributed by atoms with Gasteiger partial charge in [-0.1, -0.05) is 29.8 Å². The van der Waals surface area contributed by atoms with Gasteiger partial charge in [0.1, 0.15) is 5.52 Å².